The van der Waals surface area contributed by atoms with Gasteiger partial charge in [0.05, 0.1) is 11.0 Å². The molecule has 2 aliphatic heterocycles. The highest BCUT2D eigenvalue weighted by Crippen LogP contribution is 2.35. The highest BCUT2D eigenvalue weighted by Gasteiger charge is 2.41. The number of amides is 1. The van der Waals surface area contributed by atoms with Crippen LogP contribution < -0.4 is 10.2 Å². The van der Waals surface area contributed by atoms with Crippen LogP contribution in [0, 0.1) is 17.2 Å². The molecular weight excluding hydrogens is 376 g/mol. The third-order valence-electron chi connectivity index (χ3n) is 6.48. The van der Waals surface area contributed by atoms with Gasteiger partial charge in [-0.05, 0) is 49.3 Å². The predicted octanol–water partition coefficient (Wildman–Crippen LogP) is 3.03. The molecule has 0 atom stereocenters. The van der Waals surface area contributed by atoms with E-state index in [1.165, 1.54) is 0 Å². The summed E-state index contributed by atoms with van der Waals surface area (Å²) in [5.41, 5.74) is 1.21. The lowest BCUT2D eigenvalue weighted by atomic mass is 9.73. The fourth-order valence-electron chi connectivity index (χ4n) is 4.62. The van der Waals surface area contributed by atoms with Crippen molar-refractivity contribution in [3.05, 3.63) is 59.8 Å². The maximum Gasteiger partial charge on any atom is 0.230 e. The number of hydrogen-bond acceptors (Lipinski definition) is 5. The van der Waals surface area contributed by atoms with Gasteiger partial charge in [-0.25, -0.2) is 4.98 Å². The molecule has 6 nitrogen and oxygen atoms in total. The molecule has 30 heavy (non-hydrogen) atoms. The first-order valence-electron chi connectivity index (χ1n) is 10.7. The van der Waals surface area contributed by atoms with Gasteiger partial charge < -0.3 is 15.0 Å². The summed E-state index contributed by atoms with van der Waals surface area (Å²) in [7, 11) is 0. The van der Waals surface area contributed by atoms with Gasteiger partial charge in [-0.1, -0.05) is 30.3 Å². The fourth-order valence-corrected chi connectivity index (χ4v) is 4.62. The van der Waals surface area contributed by atoms with Crippen molar-refractivity contribution in [1.82, 2.24) is 10.3 Å². The molecule has 0 spiro atoms. The Bertz CT molecular complexity index is 895. The van der Waals surface area contributed by atoms with Crippen LogP contribution in [0.2, 0.25) is 0 Å². The number of benzene rings is 1. The topological polar surface area (TPSA) is 78.3 Å². The molecule has 2 aromatic rings. The van der Waals surface area contributed by atoms with Crippen molar-refractivity contribution >= 4 is 11.7 Å². The first-order valence-corrected chi connectivity index (χ1v) is 10.7. The van der Waals surface area contributed by atoms with Crippen LogP contribution in [0.3, 0.4) is 0 Å². The summed E-state index contributed by atoms with van der Waals surface area (Å²) in [5.74, 6) is 1.33. The maximum atomic E-state index is 13.3. The van der Waals surface area contributed by atoms with Crippen molar-refractivity contribution in [1.29, 1.82) is 5.26 Å². The largest absolute Gasteiger partial charge is 0.381 e. The molecule has 2 aliphatic rings. The number of anilines is 1. The van der Waals surface area contributed by atoms with E-state index in [-0.39, 0.29) is 5.91 Å². The molecule has 2 fully saturated rings. The average molecular weight is 405 g/mol. The van der Waals surface area contributed by atoms with Crippen LogP contribution >= 0.6 is 0 Å². The molecule has 1 aromatic carbocycles. The van der Waals surface area contributed by atoms with Crippen molar-refractivity contribution in [2.75, 3.05) is 37.7 Å². The molecule has 1 aromatic heterocycles. The van der Waals surface area contributed by atoms with Crippen LogP contribution in [0.4, 0.5) is 5.82 Å². The molecule has 156 valence electrons. The number of rotatable bonds is 5. The van der Waals surface area contributed by atoms with Crippen LogP contribution in [-0.2, 0) is 14.9 Å². The number of hydrogen-bond donors (Lipinski definition) is 1. The van der Waals surface area contributed by atoms with Crippen LogP contribution in [-0.4, -0.2) is 43.7 Å². The molecule has 0 saturated carbocycles. The maximum absolute atomic E-state index is 13.3. The number of carbonyl (C=O) groups excluding carboxylic acids is 1. The molecule has 3 heterocycles. The Labute approximate surface area is 177 Å². The summed E-state index contributed by atoms with van der Waals surface area (Å²) in [6.07, 6.45) is 5.13. The van der Waals surface area contributed by atoms with Gasteiger partial charge in [0.2, 0.25) is 5.91 Å². The second kappa shape index (κ2) is 9.27. The molecule has 4 rings (SSSR count). The molecular formula is C24H28N4O2. The van der Waals surface area contributed by atoms with Gasteiger partial charge in [-0.3, -0.25) is 4.79 Å². The molecule has 0 unspecified atom stereocenters. The van der Waals surface area contributed by atoms with Crippen LogP contribution in [0.5, 0.6) is 0 Å². The van der Waals surface area contributed by atoms with E-state index < -0.39 is 5.41 Å². The second-order valence-corrected chi connectivity index (χ2v) is 8.19. The van der Waals surface area contributed by atoms with E-state index in [0.29, 0.717) is 31.2 Å². The van der Waals surface area contributed by atoms with Gasteiger partial charge in [-0.15, -0.1) is 0 Å². The van der Waals surface area contributed by atoms with Crippen LogP contribution in [0.1, 0.15) is 36.8 Å². The highest BCUT2D eigenvalue weighted by molar-refractivity contribution is 5.88. The quantitative estimate of drug-likeness (QED) is 0.829. The van der Waals surface area contributed by atoms with E-state index in [4.69, 9.17) is 4.74 Å². The van der Waals surface area contributed by atoms with E-state index in [1.54, 1.807) is 12.3 Å². The fraction of sp³-hybridized carbons (Fsp3) is 0.458. The minimum atomic E-state index is -0.490. The van der Waals surface area contributed by atoms with Gasteiger partial charge in [-0.2, -0.15) is 5.26 Å². The number of carbonyl (C=O) groups is 1. The predicted molar refractivity (Wildman–Crippen MR) is 115 cm³/mol. The number of nitrogens with one attached hydrogen (secondary N) is 1. The summed E-state index contributed by atoms with van der Waals surface area (Å²) in [4.78, 5) is 19.9. The smallest absolute Gasteiger partial charge is 0.230 e. The molecule has 1 amide bonds. The highest BCUT2D eigenvalue weighted by atomic mass is 16.5. The van der Waals surface area contributed by atoms with E-state index in [1.807, 2.05) is 24.3 Å². The monoisotopic (exact) mass is 404 g/mol. The molecule has 0 bridgehead atoms. The zero-order valence-electron chi connectivity index (χ0n) is 17.2. The third kappa shape index (κ3) is 4.17. The van der Waals surface area contributed by atoms with Crippen molar-refractivity contribution in [3.63, 3.8) is 0 Å². The van der Waals surface area contributed by atoms with Crippen molar-refractivity contribution in [2.24, 2.45) is 5.92 Å². The summed E-state index contributed by atoms with van der Waals surface area (Å²) in [5, 5.41) is 12.6. The molecule has 6 heteroatoms. The Balaban J connectivity index is 1.36. The molecule has 0 aliphatic carbocycles. The van der Waals surface area contributed by atoms with E-state index in [0.717, 1.165) is 50.2 Å². The number of aromatic nitrogens is 1. The van der Waals surface area contributed by atoms with E-state index in [9.17, 15) is 10.1 Å². The molecule has 0 radical (unpaired) electrons. The number of nitriles is 1. The first kappa shape index (κ1) is 20.4. The van der Waals surface area contributed by atoms with Crippen LogP contribution in [0.15, 0.2) is 48.7 Å². The zero-order chi connectivity index (χ0) is 20.8. The lowest BCUT2D eigenvalue weighted by molar-refractivity contribution is -0.130. The summed E-state index contributed by atoms with van der Waals surface area (Å²) < 4.78 is 5.55. The number of pyridine rings is 1. The Kier molecular flexibility index (Phi) is 6.29. The first-order chi connectivity index (χ1) is 14.7. The minimum Gasteiger partial charge on any atom is -0.381 e. The lowest BCUT2D eigenvalue weighted by Gasteiger charge is -2.37. The summed E-state index contributed by atoms with van der Waals surface area (Å²) in [6.45, 7) is 3.63. The van der Waals surface area contributed by atoms with Gasteiger partial charge >= 0.3 is 0 Å². The lowest BCUT2D eigenvalue weighted by Crippen LogP contribution is -2.49. The standard InChI is InChI=1S/C24H28N4O2/c25-17-20-5-4-12-26-22(20)28-13-8-19(9-14-28)18-27-23(29)24(10-15-30-16-11-24)21-6-2-1-3-7-21/h1-7,12,19H,8-11,13-16,18H2,(H,27,29). The van der Waals surface area contributed by atoms with E-state index in [2.05, 4.69) is 33.4 Å². The Morgan fingerprint density at radius 2 is 1.90 bits per heavy atom. The van der Waals surface area contributed by atoms with E-state index >= 15 is 0 Å². The minimum absolute atomic E-state index is 0.121. The Morgan fingerprint density at radius 1 is 1.17 bits per heavy atom. The third-order valence-corrected chi connectivity index (χ3v) is 6.48. The summed E-state index contributed by atoms with van der Waals surface area (Å²) in [6, 6.07) is 15.9. The van der Waals surface area contributed by atoms with Gasteiger partial charge in [0, 0.05) is 39.0 Å². The second-order valence-electron chi connectivity index (χ2n) is 8.19. The number of ether oxygens (including phenoxy) is 1. The molecule has 2 saturated heterocycles. The SMILES string of the molecule is N#Cc1cccnc1N1CCC(CNC(=O)C2(c3ccccc3)CCOCC2)CC1. The molecule has 1 N–H and O–H groups in total. The van der Waals surface area contributed by atoms with Crippen LogP contribution in [0.25, 0.3) is 0 Å². The Hall–Kier alpha value is -2.91. The Morgan fingerprint density at radius 3 is 2.60 bits per heavy atom. The normalized spacial score (nSPS) is 19.1. The van der Waals surface area contributed by atoms with Gasteiger partial charge in [0.1, 0.15) is 11.9 Å². The number of nitrogens with zero attached hydrogens (tertiary/aromatic N) is 3. The van der Waals surface area contributed by atoms with Crippen molar-refractivity contribution < 1.29 is 9.53 Å². The van der Waals surface area contributed by atoms with Crippen molar-refractivity contribution in [2.45, 2.75) is 31.1 Å². The van der Waals surface area contributed by atoms with Gasteiger partial charge in [0.15, 0.2) is 0 Å². The van der Waals surface area contributed by atoms with Crippen molar-refractivity contribution in [3.8, 4) is 6.07 Å². The zero-order valence-corrected chi connectivity index (χ0v) is 17.2. The average Bonchev–Trinajstić information content (AvgIpc) is 2.84. The van der Waals surface area contributed by atoms with Gasteiger partial charge in [0.25, 0.3) is 0 Å². The summed E-state index contributed by atoms with van der Waals surface area (Å²) >= 11 is 0. The number of piperidine rings is 1.